The van der Waals surface area contributed by atoms with E-state index >= 15 is 0 Å². The normalized spacial score (nSPS) is 12.5. The minimum absolute atomic E-state index is 0.0311. The highest BCUT2D eigenvalue weighted by molar-refractivity contribution is 6.08. The van der Waals surface area contributed by atoms with Crippen LogP contribution in [0.1, 0.15) is 28.4 Å². The molecule has 0 spiro atoms. The number of ketones is 1. The van der Waals surface area contributed by atoms with Gasteiger partial charge >= 0.3 is 5.97 Å². The number of benzene rings is 2. The summed E-state index contributed by atoms with van der Waals surface area (Å²) in [5.41, 5.74) is 2.17. The molecule has 2 aromatic rings. The van der Waals surface area contributed by atoms with Crippen molar-refractivity contribution in [2.24, 2.45) is 0 Å². The van der Waals surface area contributed by atoms with Crippen molar-refractivity contribution < 1.29 is 24.2 Å². The Hall–Kier alpha value is -2.50. The van der Waals surface area contributed by atoms with Gasteiger partial charge in [-0.2, -0.15) is 0 Å². The number of hydrogen-bond donors (Lipinski definition) is 1. The highest BCUT2D eigenvalue weighted by atomic mass is 16.7. The first-order chi connectivity index (χ1) is 11.3. The van der Waals surface area contributed by atoms with Gasteiger partial charge in [0.25, 0.3) is 0 Å². The first-order valence-electron chi connectivity index (χ1n) is 7.72. The van der Waals surface area contributed by atoms with Gasteiger partial charge in [-0.15, -0.1) is 4.65 Å². The molecule has 2 rings (SSSR count). The van der Waals surface area contributed by atoms with Gasteiger partial charge in [0, 0.05) is 16.7 Å². The third kappa shape index (κ3) is 4.75. The van der Waals surface area contributed by atoms with Gasteiger partial charge in [0.05, 0.1) is 0 Å². The second-order valence-electron chi connectivity index (χ2n) is 6.21. The molecule has 0 saturated carbocycles. The SMILES string of the molecule is CC(O)C(=O)O[N+](C)(C)Cc1ccc(C(=O)c2ccccc2)cc1. The van der Waals surface area contributed by atoms with Crippen LogP contribution >= 0.6 is 0 Å². The zero-order valence-corrected chi connectivity index (χ0v) is 14.1. The lowest BCUT2D eigenvalue weighted by atomic mass is 10.0. The van der Waals surface area contributed by atoms with Crippen molar-refractivity contribution >= 4 is 11.8 Å². The number of quaternary nitrogens is 1. The first-order valence-corrected chi connectivity index (χ1v) is 7.72. The number of carbonyl (C=O) groups excluding carboxylic acids is 2. The molecule has 0 bridgehead atoms. The Morgan fingerprint density at radius 2 is 1.54 bits per heavy atom. The van der Waals surface area contributed by atoms with Gasteiger partial charge in [0.2, 0.25) is 0 Å². The van der Waals surface area contributed by atoms with E-state index in [0.717, 1.165) is 5.56 Å². The standard InChI is InChI=1S/C19H22NO4/c1-14(21)19(23)24-20(2,3)13-15-9-11-17(12-10-15)18(22)16-7-5-4-6-8-16/h4-12,14,21H,13H2,1-3H3/q+1. The molecule has 126 valence electrons. The summed E-state index contributed by atoms with van der Waals surface area (Å²) in [7, 11) is 3.45. The fraction of sp³-hybridized carbons (Fsp3) is 0.263. The molecule has 0 amide bonds. The van der Waals surface area contributed by atoms with Crippen LogP contribution in [0.4, 0.5) is 0 Å². The number of rotatable bonds is 6. The molecular formula is C19H22NO4+. The Balaban J connectivity index is 2.07. The van der Waals surface area contributed by atoms with Gasteiger partial charge in [-0.05, 0) is 6.92 Å². The lowest BCUT2D eigenvalue weighted by molar-refractivity contribution is -1.07. The summed E-state index contributed by atoms with van der Waals surface area (Å²) in [5.74, 6) is -0.702. The number of nitrogens with zero attached hydrogens (tertiary/aromatic N) is 1. The third-order valence-corrected chi connectivity index (χ3v) is 3.49. The molecule has 0 aromatic heterocycles. The number of hydroxylamine groups is 3. The molecule has 0 heterocycles. The van der Waals surface area contributed by atoms with E-state index in [9.17, 15) is 14.7 Å². The van der Waals surface area contributed by atoms with Crippen molar-refractivity contribution in [1.29, 1.82) is 0 Å². The van der Waals surface area contributed by atoms with Crippen LogP contribution in [0.5, 0.6) is 0 Å². The van der Waals surface area contributed by atoms with Crippen LogP contribution in [0.25, 0.3) is 0 Å². The van der Waals surface area contributed by atoms with Crippen LogP contribution in [0.15, 0.2) is 54.6 Å². The van der Waals surface area contributed by atoms with E-state index in [-0.39, 0.29) is 10.4 Å². The van der Waals surface area contributed by atoms with Crippen molar-refractivity contribution in [3.8, 4) is 0 Å². The van der Waals surface area contributed by atoms with Crippen molar-refractivity contribution in [2.45, 2.75) is 19.6 Å². The summed E-state index contributed by atoms with van der Waals surface area (Å²) in [4.78, 5) is 29.1. The van der Waals surface area contributed by atoms with Gasteiger partial charge in [-0.1, -0.05) is 54.6 Å². The van der Waals surface area contributed by atoms with Gasteiger partial charge < -0.3 is 5.11 Å². The van der Waals surface area contributed by atoms with E-state index in [4.69, 9.17) is 4.84 Å². The monoisotopic (exact) mass is 328 g/mol. The largest absolute Gasteiger partial charge is 0.394 e. The second-order valence-corrected chi connectivity index (χ2v) is 6.21. The lowest BCUT2D eigenvalue weighted by Gasteiger charge is -2.26. The molecule has 24 heavy (non-hydrogen) atoms. The van der Waals surface area contributed by atoms with Crippen molar-refractivity contribution in [2.75, 3.05) is 14.1 Å². The van der Waals surface area contributed by atoms with Crippen molar-refractivity contribution in [1.82, 2.24) is 0 Å². The lowest BCUT2D eigenvalue weighted by Crippen LogP contribution is -2.43. The van der Waals surface area contributed by atoms with E-state index in [1.54, 1.807) is 38.4 Å². The number of carbonyl (C=O) groups is 2. The molecule has 0 aliphatic heterocycles. The van der Waals surface area contributed by atoms with Gasteiger partial charge in [-0.3, -0.25) is 9.63 Å². The molecule has 0 aliphatic rings. The molecule has 2 aromatic carbocycles. The summed E-state index contributed by atoms with van der Waals surface area (Å²) in [5, 5.41) is 9.23. The third-order valence-electron chi connectivity index (χ3n) is 3.49. The molecule has 0 saturated heterocycles. The summed E-state index contributed by atoms with van der Waals surface area (Å²) < 4.78 is -0.0459. The predicted octanol–water partition coefficient (Wildman–Crippen LogP) is 2.33. The Bertz CT molecular complexity index is 706. The molecule has 1 atom stereocenters. The van der Waals surface area contributed by atoms with E-state index in [1.165, 1.54) is 6.92 Å². The Morgan fingerprint density at radius 1 is 1.00 bits per heavy atom. The molecule has 5 nitrogen and oxygen atoms in total. The van der Waals surface area contributed by atoms with Crippen LogP contribution in [0.2, 0.25) is 0 Å². The zero-order valence-electron chi connectivity index (χ0n) is 14.1. The Morgan fingerprint density at radius 3 is 2.08 bits per heavy atom. The van der Waals surface area contributed by atoms with Gasteiger partial charge in [0.1, 0.15) is 20.6 Å². The average molecular weight is 328 g/mol. The Kier molecular flexibility index (Phi) is 5.49. The number of aliphatic hydroxyl groups excluding tert-OH is 1. The maximum Gasteiger partial charge on any atom is 0.394 e. The van der Waals surface area contributed by atoms with Gasteiger partial charge in [-0.25, -0.2) is 4.79 Å². The van der Waals surface area contributed by atoms with Crippen LogP contribution in [0, 0.1) is 0 Å². The van der Waals surface area contributed by atoms with Crippen LogP contribution in [0.3, 0.4) is 0 Å². The average Bonchev–Trinajstić information content (AvgIpc) is 2.54. The maximum absolute atomic E-state index is 12.4. The number of aliphatic hydroxyl groups is 1. The van der Waals surface area contributed by atoms with Crippen molar-refractivity contribution in [3.63, 3.8) is 0 Å². The fourth-order valence-corrected chi connectivity index (χ4v) is 2.31. The Labute approximate surface area is 141 Å². The minimum atomic E-state index is -1.16. The summed E-state index contributed by atoms with van der Waals surface area (Å²) in [6.07, 6.45) is -1.16. The molecular weight excluding hydrogens is 306 g/mol. The smallest absolute Gasteiger partial charge is 0.381 e. The summed E-state index contributed by atoms with van der Waals surface area (Å²) >= 11 is 0. The molecule has 1 unspecified atom stereocenters. The molecule has 5 heteroatoms. The molecule has 1 N–H and O–H groups in total. The zero-order chi connectivity index (χ0) is 17.7. The molecule has 0 fully saturated rings. The van der Waals surface area contributed by atoms with Crippen molar-refractivity contribution in [3.05, 3.63) is 71.3 Å². The van der Waals surface area contributed by atoms with Gasteiger partial charge in [0.15, 0.2) is 11.9 Å². The van der Waals surface area contributed by atoms with Crippen LogP contribution in [-0.2, 0) is 16.2 Å². The topological polar surface area (TPSA) is 63.6 Å². The van der Waals surface area contributed by atoms with E-state index < -0.39 is 12.1 Å². The quantitative estimate of drug-likeness (QED) is 0.502. The van der Waals surface area contributed by atoms with Crippen LogP contribution in [-0.4, -0.2) is 41.7 Å². The van der Waals surface area contributed by atoms with Crippen LogP contribution < -0.4 is 0 Å². The summed E-state index contributed by atoms with van der Waals surface area (Å²) in [6.45, 7) is 1.80. The van der Waals surface area contributed by atoms with E-state index in [2.05, 4.69) is 0 Å². The minimum Gasteiger partial charge on any atom is -0.381 e. The summed E-state index contributed by atoms with van der Waals surface area (Å²) in [6, 6.07) is 16.3. The number of hydrogen-bond acceptors (Lipinski definition) is 4. The first kappa shape index (κ1) is 17.8. The maximum atomic E-state index is 12.4. The highest BCUT2D eigenvalue weighted by Gasteiger charge is 2.25. The van der Waals surface area contributed by atoms with E-state index in [0.29, 0.717) is 17.7 Å². The molecule has 0 aliphatic carbocycles. The highest BCUT2D eigenvalue weighted by Crippen LogP contribution is 2.15. The molecule has 0 radical (unpaired) electrons. The van der Waals surface area contributed by atoms with E-state index in [1.807, 2.05) is 30.3 Å². The fourth-order valence-electron chi connectivity index (χ4n) is 2.31. The predicted molar refractivity (Wildman–Crippen MR) is 89.9 cm³/mol. The second kappa shape index (κ2) is 7.38.